The lowest BCUT2D eigenvalue weighted by molar-refractivity contribution is -0.384. The number of benzene rings is 1. The van der Waals surface area contributed by atoms with Gasteiger partial charge in [0.15, 0.2) is 0 Å². The molecule has 0 saturated carbocycles. The second-order valence-corrected chi connectivity index (χ2v) is 7.14. The van der Waals surface area contributed by atoms with Crippen LogP contribution in [-0.4, -0.2) is 48.8 Å². The van der Waals surface area contributed by atoms with Crippen LogP contribution in [0.4, 0.5) is 10.7 Å². The molecule has 0 aliphatic heterocycles. The zero-order valence-electron chi connectivity index (χ0n) is 16.2. The molecule has 2 aromatic rings. The summed E-state index contributed by atoms with van der Waals surface area (Å²) in [7, 11) is 4.39. The summed E-state index contributed by atoms with van der Waals surface area (Å²) in [6, 6.07) is 5.67. The number of esters is 1. The Morgan fingerprint density at radius 1 is 1.21 bits per heavy atom. The van der Waals surface area contributed by atoms with Gasteiger partial charge in [0.25, 0.3) is 11.6 Å². The number of carbonyl (C=O) groups is 3. The van der Waals surface area contributed by atoms with Gasteiger partial charge in [-0.05, 0) is 36.3 Å². The van der Waals surface area contributed by atoms with Gasteiger partial charge >= 0.3 is 5.97 Å². The van der Waals surface area contributed by atoms with Gasteiger partial charge in [0.05, 0.1) is 22.5 Å². The monoisotopic (exact) mass is 417 g/mol. The molecular formula is C19H19N3O6S. The maximum atomic E-state index is 12.3. The fourth-order valence-electron chi connectivity index (χ4n) is 2.39. The van der Waals surface area contributed by atoms with E-state index in [1.165, 1.54) is 48.4 Å². The van der Waals surface area contributed by atoms with E-state index >= 15 is 0 Å². The molecule has 2 rings (SSSR count). The van der Waals surface area contributed by atoms with Gasteiger partial charge < -0.3 is 15.0 Å². The third kappa shape index (κ3) is 5.05. The number of nitro benzene ring substituents is 1. The number of nitrogens with one attached hydrogen (secondary N) is 1. The third-order valence-electron chi connectivity index (χ3n) is 3.90. The third-order valence-corrected chi connectivity index (χ3v) is 5.10. The van der Waals surface area contributed by atoms with Gasteiger partial charge in [-0.2, -0.15) is 0 Å². The zero-order valence-corrected chi connectivity index (χ0v) is 17.0. The van der Waals surface area contributed by atoms with Gasteiger partial charge in [0, 0.05) is 32.3 Å². The molecule has 1 aromatic heterocycles. The van der Waals surface area contributed by atoms with Crippen molar-refractivity contribution in [2.75, 3.05) is 26.5 Å². The first kappa shape index (κ1) is 21.8. The Morgan fingerprint density at radius 3 is 2.34 bits per heavy atom. The molecule has 10 heteroatoms. The largest absolute Gasteiger partial charge is 0.465 e. The molecule has 1 aromatic carbocycles. The van der Waals surface area contributed by atoms with Crippen LogP contribution in [0.1, 0.15) is 31.2 Å². The van der Waals surface area contributed by atoms with Crippen molar-refractivity contribution in [3.05, 3.63) is 62.0 Å². The number of amides is 2. The summed E-state index contributed by atoms with van der Waals surface area (Å²) in [6.45, 7) is 1.61. The first-order chi connectivity index (χ1) is 13.6. The van der Waals surface area contributed by atoms with Crippen molar-refractivity contribution < 1.29 is 24.0 Å². The first-order valence-corrected chi connectivity index (χ1v) is 9.14. The lowest BCUT2D eigenvalue weighted by atomic mass is 10.1. The molecular weight excluding hydrogens is 398 g/mol. The summed E-state index contributed by atoms with van der Waals surface area (Å²) in [5.74, 6) is -1.48. The van der Waals surface area contributed by atoms with Crippen LogP contribution in [0.5, 0.6) is 0 Å². The molecule has 0 aliphatic carbocycles. The predicted molar refractivity (Wildman–Crippen MR) is 109 cm³/mol. The number of anilines is 1. The number of rotatable bonds is 6. The summed E-state index contributed by atoms with van der Waals surface area (Å²) in [4.78, 5) is 48.6. The van der Waals surface area contributed by atoms with Crippen molar-refractivity contribution in [2.45, 2.75) is 6.92 Å². The van der Waals surface area contributed by atoms with Crippen LogP contribution in [-0.2, 0) is 9.53 Å². The highest BCUT2D eigenvalue weighted by Gasteiger charge is 2.26. The van der Waals surface area contributed by atoms with Crippen LogP contribution >= 0.6 is 11.3 Å². The van der Waals surface area contributed by atoms with Crippen molar-refractivity contribution in [3.8, 4) is 0 Å². The lowest BCUT2D eigenvalue weighted by Gasteiger charge is -2.08. The Bertz CT molecular complexity index is 992. The van der Waals surface area contributed by atoms with E-state index in [0.29, 0.717) is 16.0 Å². The van der Waals surface area contributed by atoms with Crippen LogP contribution in [0.2, 0.25) is 0 Å². The summed E-state index contributed by atoms with van der Waals surface area (Å²) in [5, 5.41) is 13.5. The van der Waals surface area contributed by atoms with Gasteiger partial charge in [-0.25, -0.2) is 4.79 Å². The summed E-state index contributed by atoms with van der Waals surface area (Å²) in [5.41, 5.74) is 1.08. The molecule has 1 N–H and O–H groups in total. The van der Waals surface area contributed by atoms with Crippen LogP contribution in [0.15, 0.2) is 30.3 Å². The highest BCUT2D eigenvalue weighted by molar-refractivity contribution is 7.18. The minimum Gasteiger partial charge on any atom is -0.465 e. The molecule has 0 atom stereocenters. The van der Waals surface area contributed by atoms with Crippen LogP contribution in [0.3, 0.4) is 0 Å². The van der Waals surface area contributed by atoms with E-state index in [2.05, 4.69) is 5.32 Å². The number of non-ortho nitro benzene ring substituents is 1. The number of nitro groups is 1. The Balaban J connectivity index is 2.26. The quantitative estimate of drug-likeness (QED) is 0.334. The highest BCUT2D eigenvalue weighted by Crippen LogP contribution is 2.34. The fraction of sp³-hybridized carbons (Fsp3) is 0.211. The number of hydrogen-bond donors (Lipinski definition) is 1. The van der Waals surface area contributed by atoms with E-state index in [1.807, 2.05) is 0 Å². The molecule has 0 spiro atoms. The standard InChI is InChI=1S/C19H19N3O6S/c1-11-15(19(25)28-4)17(29-16(11)18(24)21(2)3)20-14(23)10-7-12-5-8-13(9-6-12)22(26)27/h5-10H,1-4H3,(H,20,23)/b10-7+. The van der Waals surface area contributed by atoms with Crippen LogP contribution in [0.25, 0.3) is 6.08 Å². The van der Waals surface area contributed by atoms with Crippen molar-refractivity contribution in [3.63, 3.8) is 0 Å². The molecule has 1 heterocycles. The molecule has 0 saturated heterocycles. The maximum Gasteiger partial charge on any atom is 0.341 e. The topological polar surface area (TPSA) is 119 Å². The summed E-state index contributed by atoms with van der Waals surface area (Å²) >= 11 is 0.989. The molecule has 9 nitrogen and oxygen atoms in total. The summed E-state index contributed by atoms with van der Waals surface area (Å²) in [6.07, 6.45) is 2.70. The SMILES string of the molecule is COC(=O)c1c(NC(=O)/C=C/c2ccc([N+](=O)[O-])cc2)sc(C(=O)N(C)C)c1C. The number of nitrogens with zero attached hydrogens (tertiary/aromatic N) is 2. The first-order valence-electron chi connectivity index (χ1n) is 8.32. The average Bonchev–Trinajstić information content (AvgIpc) is 3.01. The van der Waals surface area contributed by atoms with E-state index in [0.717, 1.165) is 11.3 Å². The molecule has 29 heavy (non-hydrogen) atoms. The Hall–Kier alpha value is -3.53. The maximum absolute atomic E-state index is 12.3. The minimum absolute atomic E-state index is 0.0542. The fourth-order valence-corrected chi connectivity index (χ4v) is 3.61. The van der Waals surface area contributed by atoms with Crippen molar-refractivity contribution in [1.29, 1.82) is 0 Å². The molecule has 0 fully saturated rings. The van der Waals surface area contributed by atoms with Crippen molar-refractivity contribution in [2.24, 2.45) is 0 Å². The molecule has 0 unspecified atom stereocenters. The van der Waals surface area contributed by atoms with Gasteiger partial charge in [0.1, 0.15) is 5.00 Å². The van der Waals surface area contributed by atoms with Crippen LogP contribution < -0.4 is 5.32 Å². The van der Waals surface area contributed by atoms with Gasteiger partial charge in [-0.1, -0.05) is 0 Å². The average molecular weight is 417 g/mol. The molecule has 0 bridgehead atoms. The zero-order chi connectivity index (χ0) is 21.7. The Labute approximate surface area is 170 Å². The Morgan fingerprint density at radius 2 is 1.83 bits per heavy atom. The number of ether oxygens (including phenoxy) is 1. The number of carbonyl (C=O) groups excluding carboxylic acids is 3. The normalized spacial score (nSPS) is 10.6. The van der Waals surface area contributed by atoms with Crippen molar-refractivity contribution in [1.82, 2.24) is 4.90 Å². The lowest BCUT2D eigenvalue weighted by Crippen LogP contribution is -2.21. The number of thiophene rings is 1. The highest BCUT2D eigenvalue weighted by atomic mass is 32.1. The van der Waals surface area contributed by atoms with E-state index in [4.69, 9.17) is 4.74 Å². The smallest absolute Gasteiger partial charge is 0.341 e. The van der Waals surface area contributed by atoms with E-state index in [1.54, 1.807) is 21.0 Å². The second-order valence-electron chi connectivity index (χ2n) is 6.12. The second kappa shape index (κ2) is 9.11. The molecule has 0 aliphatic rings. The molecule has 152 valence electrons. The molecule has 2 amide bonds. The molecule has 0 radical (unpaired) electrons. The van der Waals surface area contributed by atoms with Crippen molar-refractivity contribution >= 4 is 45.9 Å². The Kier molecular flexibility index (Phi) is 6.84. The predicted octanol–water partition coefficient (Wildman–Crippen LogP) is 3.11. The van der Waals surface area contributed by atoms with Gasteiger partial charge in [-0.15, -0.1) is 11.3 Å². The van der Waals surface area contributed by atoms with Crippen LogP contribution in [0, 0.1) is 17.0 Å². The van der Waals surface area contributed by atoms with E-state index < -0.39 is 16.8 Å². The minimum atomic E-state index is -0.661. The number of methoxy groups -OCH3 is 1. The van der Waals surface area contributed by atoms with E-state index in [-0.39, 0.29) is 22.2 Å². The van der Waals surface area contributed by atoms with E-state index in [9.17, 15) is 24.5 Å². The van der Waals surface area contributed by atoms with Gasteiger partial charge in [-0.3, -0.25) is 19.7 Å². The summed E-state index contributed by atoms with van der Waals surface area (Å²) < 4.78 is 4.77. The van der Waals surface area contributed by atoms with Gasteiger partial charge in [0.2, 0.25) is 5.91 Å². The number of hydrogen-bond acceptors (Lipinski definition) is 7.